The molecule has 30 heavy (non-hydrogen) atoms. The van der Waals surface area contributed by atoms with Crippen LogP contribution in [-0.4, -0.2) is 53.1 Å². The second-order valence-corrected chi connectivity index (χ2v) is 6.52. The Morgan fingerprint density at radius 3 is 2.63 bits per heavy atom. The monoisotopic (exact) mass is 457 g/mol. The molecule has 2 rings (SSSR count). The molecule has 0 aromatic heterocycles. The van der Waals surface area contributed by atoms with E-state index in [4.69, 9.17) is 31.5 Å². The molecule has 1 heterocycles. The lowest BCUT2D eigenvalue weighted by Gasteiger charge is -2.29. The summed E-state index contributed by atoms with van der Waals surface area (Å²) in [7, 11) is 0. The lowest BCUT2D eigenvalue weighted by atomic mass is 9.96. The summed E-state index contributed by atoms with van der Waals surface area (Å²) in [5.74, 6) is -1.56. The van der Waals surface area contributed by atoms with E-state index in [1.54, 1.807) is 13.8 Å². The summed E-state index contributed by atoms with van der Waals surface area (Å²) in [6.07, 6.45) is -8.13. The van der Waals surface area contributed by atoms with Gasteiger partial charge < -0.3 is 9.47 Å². The summed E-state index contributed by atoms with van der Waals surface area (Å²) >= 11 is 6.14. The number of ether oxygens (including phenoxy) is 2. The van der Waals surface area contributed by atoms with E-state index in [2.05, 4.69) is 9.68 Å². The zero-order valence-electron chi connectivity index (χ0n) is 15.5. The Hall–Kier alpha value is -2.61. The van der Waals surface area contributed by atoms with Crippen LogP contribution in [0.5, 0.6) is 5.75 Å². The third kappa shape index (κ3) is 5.50. The van der Waals surface area contributed by atoms with E-state index < -0.39 is 48.2 Å². The van der Waals surface area contributed by atoms with Gasteiger partial charge in [0.1, 0.15) is 17.3 Å². The van der Waals surface area contributed by atoms with Crippen molar-refractivity contribution < 1.29 is 52.6 Å². The van der Waals surface area contributed by atoms with Crippen LogP contribution in [0.3, 0.4) is 0 Å². The molecule has 1 aromatic carbocycles. The van der Waals surface area contributed by atoms with Gasteiger partial charge in [-0.05, 0) is 37.1 Å². The van der Waals surface area contributed by atoms with Gasteiger partial charge in [0.05, 0.1) is 5.57 Å². The Morgan fingerprint density at radius 2 is 2.07 bits per heavy atom. The lowest BCUT2D eigenvalue weighted by molar-refractivity contribution is -0.976. The number of rotatable bonds is 8. The standard InChI is InChI=1S/C16H17ClF3N2O8/c1-7-3-12-10(8(2)13(7)17)4-11(14(30-12)16(18,19)20)15(23)29-9(5-27-21-24)6-28-22(25)26/h3-4,9,14,21,24H,5-6H2,1-2H3,(H,25,26)/q+1/t9?,14-/m0/s1. The van der Waals surface area contributed by atoms with Crippen LogP contribution in [0.15, 0.2) is 11.6 Å². The minimum Gasteiger partial charge on any atom is -0.475 e. The van der Waals surface area contributed by atoms with E-state index in [1.807, 2.05) is 0 Å². The molecule has 0 saturated carbocycles. The largest absolute Gasteiger partial charge is 0.475 e. The van der Waals surface area contributed by atoms with Crippen LogP contribution in [0.1, 0.15) is 16.7 Å². The van der Waals surface area contributed by atoms with Gasteiger partial charge >= 0.3 is 17.2 Å². The summed E-state index contributed by atoms with van der Waals surface area (Å²) < 4.78 is 50.6. The maximum Gasteiger partial charge on any atom is 0.475 e. The van der Waals surface area contributed by atoms with Crippen molar-refractivity contribution in [3.8, 4) is 5.75 Å². The predicted octanol–water partition coefficient (Wildman–Crippen LogP) is 2.59. The molecule has 1 aliphatic heterocycles. The van der Waals surface area contributed by atoms with E-state index in [9.17, 15) is 22.9 Å². The number of alkyl halides is 3. The highest BCUT2D eigenvalue weighted by Gasteiger charge is 2.49. The third-order valence-electron chi connectivity index (χ3n) is 4.03. The van der Waals surface area contributed by atoms with E-state index in [0.29, 0.717) is 16.1 Å². The zero-order valence-corrected chi connectivity index (χ0v) is 16.3. The Morgan fingerprint density at radius 1 is 1.40 bits per heavy atom. The van der Waals surface area contributed by atoms with E-state index in [1.165, 1.54) is 11.7 Å². The molecule has 1 aliphatic rings. The molecule has 0 fully saturated rings. The number of hydrogen-bond acceptors (Lipinski definition) is 8. The van der Waals surface area contributed by atoms with E-state index in [-0.39, 0.29) is 11.3 Å². The molecule has 14 heteroatoms. The van der Waals surface area contributed by atoms with Crippen LogP contribution < -0.4 is 10.4 Å². The summed E-state index contributed by atoms with van der Waals surface area (Å²) in [5.41, 5.74) is 1.44. The van der Waals surface area contributed by atoms with Crippen molar-refractivity contribution >= 4 is 23.6 Å². The highest BCUT2D eigenvalue weighted by molar-refractivity contribution is 6.32. The quantitative estimate of drug-likeness (QED) is 0.398. The summed E-state index contributed by atoms with van der Waals surface area (Å²) in [6, 6.07) is 1.32. The molecule has 1 aromatic rings. The molecule has 1 unspecified atom stereocenters. The smallest absolute Gasteiger partial charge is 0.475 e. The van der Waals surface area contributed by atoms with Crippen LogP contribution in [0.4, 0.5) is 13.2 Å². The molecule has 0 radical (unpaired) electrons. The molecular formula is C16H17ClF3N2O8+. The number of esters is 1. The first-order valence-electron chi connectivity index (χ1n) is 8.21. The molecule has 2 atom stereocenters. The van der Waals surface area contributed by atoms with Gasteiger partial charge in [-0.15, -0.1) is 0 Å². The number of halogens is 4. The van der Waals surface area contributed by atoms with Crippen LogP contribution in [0.25, 0.3) is 6.08 Å². The van der Waals surface area contributed by atoms with Crippen LogP contribution in [-0.2, 0) is 19.2 Å². The topological polar surface area (TPSA) is 127 Å². The molecule has 0 amide bonds. The number of hydrogen-bond donors (Lipinski definition) is 3. The Kier molecular flexibility index (Phi) is 7.47. The number of carbonyl (C=O) groups is 1. The van der Waals surface area contributed by atoms with E-state index >= 15 is 0 Å². The number of carbonyl (C=O) groups excluding carboxylic acids is 1. The van der Waals surface area contributed by atoms with Gasteiger partial charge in [0, 0.05) is 10.6 Å². The van der Waals surface area contributed by atoms with Crippen molar-refractivity contribution in [3.63, 3.8) is 0 Å². The highest BCUT2D eigenvalue weighted by Crippen LogP contribution is 2.41. The molecule has 3 N–H and O–H groups in total. The average molecular weight is 458 g/mol. The Bertz CT molecular complexity index is 862. The molecule has 0 spiro atoms. The molecule has 10 nitrogen and oxygen atoms in total. The van der Waals surface area contributed by atoms with Crippen molar-refractivity contribution in [3.05, 3.63) is 38.3 Å². The Balaban J connectivity index is 2.39. The molecule has 0 saturated heterocycles. The van der Waals surface area contributed by atoms with Crippen molar-refractivity contribution in [1.29, 1.82) is 0 Å². The normalized spacial score (nSPS) is 16.8. The van der Waals surface area contributed by atoms with Gasteiger partial charge in [0.25, 0.3) is 0 Å². The van der Waals surface area contributed by atoms with Gasteiger partial charge in [-0.25, -0.2) is 10.0 Å². The fraction of sp³-hybridized carbons (Fsp3) is 0.438. The highest BCUT2D eigenvalue weighted by atomic mass is 35.5. The average Bonchev–Trinajstić information content (AvgIpc) is 2.66. The number of nitrogens with one attached hydrogen (secondary N) is 1. The van der Waals surface area contributed by atoms with Crippen molar-refractivity contribution in [2.24, 2.45) is 0 Å². The Labute approximate surface area is 172 Å². The number of nitrogens with zero attached hydrogens (tertiary/aromatic N) is 1. The number of fused-ring (bicyclic) bond motifs is 1. The van der Waals surface area contributed by atoms with Crippen LogP contribution in [0, 0.1) is 18.8 Å². The first-order chi connectivity index (χ1) is 14.0. The zero-order chi connectivity index (χ0) is 22.6. The second kappa shape index (κ2) is 9.47. The minimum absolute atomic E-state index is 0.108. The van der Waals surface area contributed by atoms with Crippen molar-refractivity contribution in [2.75, 3.05) is 13.2 Å². The second-order valence-electron chi connectivity index (χ2n) is 6.15. The first-order valence-corrected chi connectivity index (χ1v) is 8.59. The molecule has 0 bridgehead atoms. The summed E-state index contributed by atoms with van der Waals surface area (Å²) in [4.78, 5) is 31.5. The van der Waals surface area contributed by atoms with Gasteiger partial charge in [-0.2, -0.15) is 18.0 Å². The molecule has 166 valence electrons. The van der Waals surface area contributed by atoms with Gasteiger partial charge in [-0.1, -0.05) is 17.2 Å². The number of aryl methyl sites for hydroxylation is 1. The fourth-order valence-electron chi connectivity index (χ4n) is 2.66. The van der Waals surface area contributed by atoms with Gasteiger partial charge in [-0.3, -0.25) is 10.0 Å². The van der Waals surface area contributed by atoms with Crippen molar-refractivity contribution in [1.82, 2.24) is 5.64 Å². The summed E-state index contributed by atoms with van der Waals surface area (Å²) in [6.45, 7) is 1.71. The lowest BCUT2D eigenvalue weighted by Crippen LogP contribution is -2.42. The number of benzene rings is 1. The van der Waals surface area contributed by atoms with Gasteiger partial charge in [0.15, 0.2) is 6.10 Å². The fourth-order valence-corrected chi connectivity index (χ4v) is 2.81. The van der Waals surface area contributed by atoms with Crippen LogP contribution >= 0.6 is 11.6 Å². The summed E-state index contributed by atoms with van der Waals surface area (Å²) in [5, 5.41) is 16.3. The molecular weight excluding hydrogens is 441 g/mol. The maximum absolute atomic E-state index is 13.5. The SMILES string of the molecule is Cc1cc2c(c(C)c1Cl)C=C(C(=O)OC(CONO)CO[N+](=O)O)[C@@H](C(F)(F)F)O2. The molecule has 0 aliphatic carbocycles. The maximum atomic E-state index is 13.5. The van der Waals surface area contributed by atoms with E-state index in [0.717, 1.165) is 6.08 Å². The van der Waals surface area contributed by atoms with Crippen molar-refractivity contribution in [2.45, 2.75) is 32.2 Å². The van der Waals surface area contributed by atoms with Gasteiger partial charge in [0.2, 0.25) is 12.7 Å². The first kappa shape index (κ1) is 23.7. The third-order valence-corrected chi connectivity index (χ3v) is 4.61. The predicted molar refractivity (Wildman–Crippen MR) is 91.5 cm³/mol. The minimum atomic E-state index is -4.96. The van der Waals surface area contributed by atoms with Crippen LogP contribution in [0.2, 0.25) is 5.02 Å².